The van der Waals surface area contributed by atoms with E-state index in [0.29, 0.717) is 6.61 Å². The van der Waals surface area contributed by atoms with Crippen molar-refractivity contribution in [1.82, 2.24) is 0 Å². The second-order valence-corrected chi connectivity index (χ2v) is 9.36. The molecule has 0 radical (unpaired) electrons. The molecule has 1 heteroatoms. The molecule has 0 bridgehead atoms. The SMILES string of the molecule is C/C=C/CC[C@H]1CC[C@H](C2CCC(c3ccc(COC/C=C/C)cc3)CC2)CC1. The fourth-order valence-corrected chi connectivity index (χ4v) is 5.60. The highest BCUT2D eigenvalue weighted by atomic mass is 16.5. The molecule has 1 aromatic carbocycles. The zero-order valence-electron chi connectivity index (χ0n) is 18.8. The molecule has 0 aliphatic heterocycles. The van der Waals surface area contributed by atoms with Crippen molar-refractivity contribution < 1.29 is 4.74 Å². The lowest BCUT2D eigenvalue weighted by molar-refractivity contribution is 0.148. The summed E-state index contributed by atoms with van der Waals surface area (Å²) in [4.78, 5) is 0. The van der Waals surface area contributed by atoms with E-state index in [4.69, 9.17) is 4.74 Å². The van der Waals surface area contributed by atoms with Gasteiger partial charge in [0, 0.05) is 0 Å². The molecule has 3 rings (SSSR count). The number of benzene rings is 1. The van der Waals surface area contributed by atoms with Crippen molar-refractivity contribution in [2.75, 3.05) is 6.61 Å². The molecule has 1 nitrogen and oxygen atoms in total. The summed E-state index contributed by atoms with van der Waals surface area (Å²) in [6.45, 7) is 5.60. The van der Waals surface area contributed by atoms with Crippen molar-refractivity contribution in [2.24, 2.45) is 17.8 Å². The van der Waals surface area contributed by atoms with E-state index in [0.717, 1.165) is 30.3 Å². The third-order valence-corrected chi connectivity index (χ3v) is 7.48. The van der Waals surface area contributed by atoms with Crippen LogP contribution < -0.4 is 0 Å². The van der Waals surface area contributed by atoms with Crippen LogP contribution in [-0.4, -0.2) is 6.61 Å². The molecule has 0 saturated heterocycles. The van der Waals surface area contributed by atoms with Crippen LogP contribution in [0.15, 0.2) is 48.6 Å². The molecule has 29 heavy (non-hydrogen) atoms. The Morgan fingerprint density at radius 2 is 1.41 bits per heavy atom. The van der Waals surface area contributed by atoms with Gasteiger partial charge in [0.2, 0.25) is 0 Å². The third kappa shape index (κ3) is 7.14. The largest absolute Gasteiger partial charge is 0.373 e. The lowest BCUT2D eigenvalue weighted by atomic mass is 9.68. The first-order chi connectivity index (χ1) is 14.3. The summed E-state index contributed by atoms with van der Waals surface area (Å²) in [7, 11) is 0. The maximum Gasteiger partial charge on any atom is 0.0721 e. The van der Waals surface area contributed by atoms with E-state index in [1.54, 1.807) is 5.56 Å². The van der Waals surface area contributed by atoms with Crippen LogP contribution in [0.3, 0.4) is 0 Å². The molecule has 0 heterocycles. The van der Waals surface area contributed by atoms with E-state index in [2.05, 4.69) is 49.4 Å². The van der Waals surface area contributed by atoms with Crippen LogP contribution in [0.1, 0.15) is 95.1 Å². The molecule has 0 aromatic heterocycles. The van der Waals surface area contributed by atoms with E-state index in [1.807, 2.05) is 13.0 Å². The molecule has 1 aromatic rings. The van der Waals surface area contributed by atoms with Gasteiger partial charge in [0.25, 0.3) is 0 Å². The van der Waals surface area contributed by atoms with Gasteiger partial charge in [-0.15, -0.1) is 0 Å². The van der Waals surface area contributed by atoms with Gasteiger partial charge < -0.3 is 4.74 Å². The highest BCUT2D eigenvalue weighted by Crippen LogP contribution is 2.44. The van der Waals surface area contributed by atoms with Crippen LogP contribution in [-0.2, 0) is 11.3 Å². The summed E-state index contributed by atoms with van der Waals surface area (Å²) in [5.41, 5.74) is 2.84. The first-order valence-corrected chi connectivity index (χ1v) is 12.2. The lowest BCUT2D eigenvalue weighted by Gasteiger charge is -2.38. The molecule has 2 saturated carbocycles. The van der Waals surface area contributed by atoms with Gasteiger partial charge >= 0.3 is 0 Å². The van der Waals surface area contributed by atoms with Gasteiger partial charge in [0.1, 0.15) is 0 Å². The first-order valence-electron chi connectivity index (χ1n) is 12.2. The second kappa shape index (κ2) is 12.4. The minimum atomic E-state index is 0.708. The van der Waals surface area contributed by atoms with E-state index in [-0.39, 0.29) is 0 Å². The maximum atomic E-state index is 5.67. The van der Waals surface area contributed by atoms with E-state index in [1.165, 1.54) is 69.8 Å². The summed E-state index contributed by atoms with van der Waals surface area (Å²) in [5.74, 6) is 3.80. The third-order valence-electron chi connectivity index (χ3n) is 7.48. The second-order valence-electron chi connectivity index (χ2n) is 9.36. The van der Waals surface area contributed by atoms with Gasteiger partial charge in [0.05, 0.1) is 13.2 Å². The zero-order valence-corrected chi connectivity index (χ0v) is 18.8. The lowest BCUT2D eigenvalue weighted by Crippen LogP contribution is -2.25. The van der Waals surface area contributed by atoms with Crippen LogP contribution in [0.2, 0.25) is 0 Å². The highest BCUT2D eigenvalue weighted by Gasteiger charge is 2.31. The van der Waals surface area contributed by atoms with Gasteiger partial charge in [-0.05, 0) is 100 Å². The van der Waals surface area contributed by atoms with Crippen molar-refractivity contribution in [3.05, 3.63) is 59.7 Å². The molecular weight excluding hydrogens is 352 g/mol. The van der Waals surface area contributed by atoms with Gasteiger partial charge in [0.15, 0.2) is 0 Å². The summed E-state index contributed by atoms with van der Waals surface area (Å²) in [6, 6.07) is 9.25. The molecule has 0 unspecified atom stereocenters. The van der Waals surface area contributed by atoms with Crippen molar-refractivity contribution >= 4 is 0 Å². The minimum Gasteiger partial charge on any atom is -0.373 e. The molecule has 0 atom stereocenters. The molecular formula is C28H42O. The van der Waals surface area contributed by atoms with Crippen LogP contribution in [0, 0.1) is 17.8 Å². The first kappa shape index (κ1) is 22.3. The molecule has 160 valence electrons. The topological polar surface area (TPSA) is 9.23 Å². The summed E-state index contributed by atoms with van der Waals surface area (Å²) >= 11 is 0. The standard InChI is InChI=1S/C28H42O/c1-3-5-7-8-23-9-13-25(14-10-23)27-17-19-28(20-18-27)26-15-11-24(12-16-26)22-29-21-6-4-2/h3-6,11-12,15-16,23,25,27-28H,7-10,13-14,17-22H2,1-2H3/b5-3+,6-4+/t23-,25-,27?,28?. The van der Waals surface area contributed by atoms with Crippen LogP contribution in [0.25, 0.3) is 0 Å². The molecule has 0 N–H and O–H groups in total. The summed E-state index contributed by atoms with van der Waals surface area (Å²) in [6.07, 6.45) is 23.0. The Bertz CT molecular complexity index is 610. The van der Waals surface area contributed by atoms with E-state index < -0.39 is 0 Å². The number of allylic oxidation sites excluding steroid dienone is 3. The van der Waals surface area contributed by atoms with Gasteiger partial charge in [-0.25, -0.2) is 0 Å². The molecule has 0 amide bonds. The van der Waals surface area contributed by atoms with Crippen molar-refractivity contribution in [1.29, 1.82) is 0 Å². The maximum absolute atomic E-state index is 5.67. The Morgan fingerprint density at radius 1 is 0.793 bits per heavy atom. The molecule has 2 fully saturated rings. The zero-order chi connectivity index (χ0) is 20.3. The summed E-state index contributed by atoms with van der Waals surface area (Å²) in [5, 5.41) is 0. The smallest absolute Gasteiger partial charge is 0.0721 e. The molecule has 0 spiro atoms. The van der Waals surface area contributed by atoms with Crippen LogP contribution in [0.4, 0.5) is 0 Å². The highest BCUT2D eigenvalue weighted by molar-refractivity contribution is 5.25. The predicted molar refractivity (Wildman–Crippen MR) is 125 cm³/mol. The Morgan fingerprint density at radius 3 is 2.03 bits per heavy atom. The number of ether oxygens (including phenoxy) is 1. The van der Waals surface area contributed by atoms with Crippen molar-refractivity contribution in [3.63, 3.8) is 0 Å². The average Bonchev–Trinajstić information content (AvgIpc) is 2.78. The number of hydrogen-bond acceptors (Lipinski definition) is 1. The number of rotatable bonds is 9. The predicted octanol–water partition coefficient (Wildman–Crippen LogP) is 8.22. The fourth-order valence-electron chi connectivity index (χ4n) is 5.60. The van der Waals surface area contributed by atoms with Gasteiger partial charge in [-0.3, -0.25) is 0 Å². The van der Waals surface area contributed by atoms with Crippen molar-refractivity contribution in [3.8, 4) is 0 Å². The van der Waals surface area contributed by atoms with Gasteiger partial charge in [-0.2, -0.15) is 0 Å². The average molecular weight is 395 g/mol. The molecule has 2 aliphatic rings. The Balaban J connectivity index is 1.38. The van der Waals surface area contributed by atoms with Crippen molar-refractivity contribution in [2.45, 2.75) is 90.6 Å². The monoisotopic (exact) mass is 394 g/mol. The van der Waals surface area contributed by atoms with Crippen LogP contribution in [0.5, 0.6) is 0 Å². The fraction of sp³-hybridized carbons (Fsp3) is 0.643. The van der Waals surface area contributed by atoms with Gasteiger partial charge in [-0.1, -0.05) is 61.4 Å². The Kier molecular flexibility index (Phi) is 9.54. The van der Waals surface area contributed by atoms with Crippen LogP contribution >= 0.6 is 0 Å². The van der Waals surface area contributed by atoms with E-state index >= 15 is 0 Å². The normalized spacial score (nSPS) is 28.3. The summed E-state index contributed by atoms with van der Waals surface area (Å²) < 4.78 is 5.67. The molecule has 2 aliphatic carbocycles. The number of hydrogen-bond donors (Lipinski definition) is 0. The Hall–Kier alpha value is -1.34. The Labute approximate surface area is 179 Å². The quantitative estimate of drug-likeness (QED) is 0.303. The van der Waals surface area contributed by atoms with E-state index in [9.17, 15) is 0 Å². The minimum absolute atomic E-state index is 0.708.